The predicted molar refractivity (Wildman–Crippen MR) is 67.1 cm³/mol. The van der Waals surface area contributed by atoms with Crippen LogP contribution in [0.4, 0.5) is 0 Å². The number of halogens is 1. The topological polar surface area (TPSA) is 21.3 Å². The number of rotatable bonds is 6. The molecule has 0 amide bonds. The Labute approximate surface area is 102 Å². The molecular weight excluding hydrogens is 222 g/mol. The average molecular weight is 240 g/mol. The van der Waals surface area contributed by atoms with Gasteiger partial charge in [-0.25, -0.2) is 0 Å². The molecule has 1 aromatic carbocycles. The van der Waals surface area contributed by atoms with Gasteiger partial charge in [0.15, 0.2) is 0 Å². The Morgan fingerprint density at radius 2 is 2.31 bits per heavy atom. The molecule has 16 heavy (non-hydrogen) atoms. The summed E-state index contributed by atoms with van der Waals surface area (Å²) in [5, 5.41) is 4.22. The number of ether oxygens (including phenoxy) is 1. The van der Waals surface area contributed by atoms with E-state index in [1.165, 1.54) is 12.8 Å². The maximum Gasteiger partial charge on any atom is 0.120 e. The third-order valence-corrected chi connectivity index (χ3v) is 2.90. The molecule has 3 heteroatoms. The van der Waals surface area contributed by atoms with Gasteiger partial charge < -0.3 is 10.1 Å². The van der Waals surface area contributed by atoms with E-state index in [1.54, 1.807) is 0 Å². The van der Waals surface area contributed by atoms with Crippen molar-refractivity contribution in [1.82, 2.24) is 5.32 Å². The highest BCUT2D eigenvalue weighted by Crippen LogP contribution is 2.19. The average Bonchev–Trinajstić information content (AvgIpc) is 3.07. The molecular formula is C13H18ClNO. The molecule has 0 saturated heterocycles. The van der Waals surface area contributed by atoms with Crippen LogP contribution in [-0.4, -0.2) is 19.2 Å². The minimum absolute atomic E-state index is 0.527. The first-order valence-electron chi connectivity index (χ1n) is 5.86. The van der Waals surface area contributed by atoms with Crippen LogP contribution in [0.15, 0.2) is 24.3 Å². The highest BCUT2D eigenvalue weighted by molar-refractivity contribution is 6.30. The van der Waals surface area contributed by atoms with Crippen molar-refractivity contribution in [2.24, 2.45) is 5.92 Å². The monoisotopic (exact) mass is 239 g/mol. The fourth-order valence-electron chi connectivity index (χ4n) is 1.51. The number of hydrogen-bond acceptors (Lipinski definition) is 2. The molecule has 1 aromatic rings. The van der Waals surface area contributed by atoms with Crippen LogP contribution in [-0.2, 0) is 0 Å². The molecule has 1 aliphatic rings. The quantitative estimate of drug-likeness (QED) is 0.824. The smallest absolute Gasteiger partial charge is 0.120 e. The Balaban J connectivity index is 1.69. The molecule has 0 heterocycles. The minimum Gasteiger partial charge on any atom is -0.493 e. The van der Waals surface area contributed by atoms with Crippen LogP contribution in [0.3, 0.4) is 0 Å². The number of nitrogens with one attached hydrogen (secondary N) is 1. The third-order valence-electron chi connectivity index (χ3n) is 2.66. The molecule has 2 rings (SSSR count). The van der Waals surface area contributed by atoms with Gasteiger partial charge in [0.1, 0.15) is 5.75 Å². The second kappa shape index (κ2) is 5.55. The first-order valence-corrected chi connectivity index (χ1v) is 6.23. The normalized spacial score (nSPS) is 17.1. The van der Waals surface area contributed by atoms with Crippen molar-refractivity contribution < 1.29 is 4.74 Å². The molecule has 1 saturated carbocycles. The Morgan fingerprint density at radius 3 is 3.00 bits per heavy atom. The van der Waals surface area contributed by atoms with E-state index in [0.29, 0.717) is 5.92 Å². The summed E-state index contributed by atoms with van der Waals surface area (Å²) in [6, 6.07) is 8.32. The minimum atomic E-state index is 0.527. The molecule has 0 aromatic heterocycles. The largest absolute Gasteiger partial charge is 0.493 e. The van der Waals surface area contributed by atoms with E-state index in [9.17, 15) is 0 Å². The van der Waals surface area contributed by atoms with E-state index in [4.69, 9.17) is 16.3 Å². The fraction of sp³-hybridized carbons (Fsp3) is 0.538. The van der Waals surface area contributed by atoms with Gasteiger partial charge >= 0.3 is 0 Å². The molecule has 2 nitrogen and oxygen atoms in total. The summed E-state index contributed by atoms with van der Waals surface area (Å²) < 4.78 is 5.68. The van der Waals surface area contributed by atoms with Gasteiger partial charge in [-0.1, -0.05) is 24.6 Å². The highest BCUT2D eigenvalue weighted by atomic mass is 35.5. The van der Waals surface area contributed by atoms with Gasteiger partial charge in [0.25, 0.3) is 0 Å². The van der Waals surface area contributed by atoms with Crippen LogP contribution in [0.2, 0.25) is 5.02 Å². The first-order chi connectivity index (χ1) is 7.74. The highest BCUT2D eigenvalue weighted by Gasteiger charge is 2.20. The molecule has 1 atom stereocenters. The SMILES string of the molecule is CC(CNC1CC1)COc1cccc(Cl)c1. The molecule has 0 aliphatic heterocycles. The summed E-state index contributed by atoms with van der Waals surface area (Å²) in [6.45, 7) is 3.96. The first kappa shape index (κ1) is 11.7. The van der Waals surface area contributed by atoms with E-state index in [2.05, 4.69) is 12.2 Å². The lowest BCUT2D eigenvalue weighted by atomic mass is 10.2. The molecule has 1 N–H and O–H groups in total. The van der Waals surface area contributed by atoms with Crippen molar-refractivity contribution >= 4 is 11.6 Å². The van der Waals surface area contributed by atoms with Gasteiger partial charge in [-0.3, -0.25) is 0 Å². The summed E-state index contributed by atoms with van der Waals surface area (Å²) >= 11 is 5.88. The number of hydrogen-bond donors (Lipinski definition) is 1. The van der Waals surface area contributed by atoms with E-state index >= 15 is 0 Å². The molecule has 0 spiro atoms. The van der Waals surface area contributed by atoms with Gasteiger partial charge in [0.2, 0.25) is 0 Å². The van der Waals surface area contributed by atoms with Gasteiger partial charge in [0.05, 0.1) is 6.61 Å². The zero-order valence-electron chi connectivity index (χ0n) is 9.58. The zero-order chi connectivity index (χ0) is 11.4. The molecule has 0 bridgehead atoms. The van der Waals surface area contributed by atoms with Crippen molar-refractivity contribution in [3.63, 3.8) is 0 Å². The van der Waals surface area contributed by atoms with Crippen LogP contribution in [0.1, 0.15) is 19.8 Å². The van der Waals surface area contributed by atoms with Crippen LogP contribution in [0.25, 0.3) is 0 Å². The summed E-state index contributed by atoms with van der Waals surface area (Å²) in [7, 11) is 0. The van der Waals surface area contributed by atoms with Crippen molar-refractivity contribution in [3.8, 4) is 5.75 Å². The van der Waals surface area contributed by atoms with Crippen LogP contribution in [0, 0.1) is 5.92 Å². The van der Waals surface area contributed by atoms with Crippen molar-refractivity contribution in [2.45, 2.75) is 25.8 Å². The second-order valence-electron chi connectivity index (χ2n) is 4.56. The van der Waals surface area contributed by atoms with Crippen molar-refractivity contribution in [1.29, 1.82) is 0 Å². The Kier molecular flexibility index (Phi) is 4.08. The van der Waals surface area contributed by atoms with E-state index in [-0.39, 0.29) is 0 Å². The lowest BCUT2D eigenvalue weighted by Crippen LogP contribution is -2.26. The van der Waals surface area contributed by atoms with Gasteiger partial charge in [-0.2, -0.15) is 0 Å². The summed E-state index contributed by atoms with van der Waals surface area (Å²) in [5.74, 6) is 1.38. The predicted octanol–water partition coefficient (Wildman–Crippen LogP) is 3.11. The lowest BCUT2D eigenvalue weighted by Gasteiger charge is -2.13. The summed E-state index contributed by atoms with van der Waals surface area (Å²) in [6.07, 6.45) is 2.67. The Morgan fingerprint density at radius 1 is 1.50 bits per heavy atom. The zero-order valence-corrected chi connectivity index (χ0v) is 10.3. The molecule has 1 fully saturated rings. The van der Waals surface area contributed by atoms with Crippen LogP contribution >= 0.6 is 11.6 Å². The second-order valence-corrected chi connectivity index (χ2v) is 4.99. The fourth-order valence-corrected chi connectivity index (χ4v) is 1.69. The van der Waals surface area contributed by atoms with Crippen LogP contribution in [0.5, 0.6) is 5.75 Å². The molecule has 0 radical (unpaired) electrons. The standard InChI is InChI=1S/C13H18ClNO/c1-10(8-15-12-5-6-12)9-16-13-4-2-3-11(14)7-13/h2-4,7,10,12,15H,5-6,8-9H2,1H3. The van der Waals surface area contributed by atoms with Gasteiger partial charge in [-0.05, 0) is 31.0 Å². The third kappa shape index (κ3) is 4.03. The van der Waals surface area contributed by atoms with E-state index in [1.807, 2.05) is 24.3 Å². The van der Waals surface area contributed by atoms with E-state index < -0.39 is 0 Å². The maximum atomic E-state index is 5.88. The number of benzene rings is 1. The van der Waals surface area contributed by atoms with Crippen molar-refractivity contribution in [2.75, 3.05) is 13.2 Å². The summed E-state index contributed by atoms with van der Waals surface area (Å²) in [5.41, 5.74) is 0. The molecule has 1 unspecified atom stereocenters. The lowest BCUT2D eigenvalue weighted by molar-refractivity contribution is 0.255. The van der Waals surface area contributed by atoms with Crippen LogP contribution < -0.4 is 10.1 Å². The molecule has 88 valence electrons. The molecule has 1 aliphatic carbocycles. The van der Waals surface area contributed by atoms with Crippen molar-refractivity contribution in [3.05, 3.63) is 29.3 Å². The van der Waals surface area contributed by atoms with Gasteiger partial charge in [-0.15, -0.1) is 0 Å². The Bertz CT molecular complexity index is 338. The maximum absolute atomic E-state index is 5.88. The summed E-state index contributed by atoms with van der Waals surface area (Å²) in [4.78, 5) is 0. The van der Waals surface area contributed by atoms with Gasteiger partial charge in [0, 0.05) is 23.5 Å². The Hall–Kier alpha value is -0.730. The van der Waals surface area contributed by atoms with E-state index in [0.717, 1.165) is 30.0 Å².